The standard InChI is InChI=1S/C27H28BrN3O2/c1-19(20-8-3-2-4-9-20)29-27(33)24-12-5-6-13-25(24)31-16-14-23(15-17-31)30-26(32)21-10-7-11-22(28)18-21/h2-13,18-19,23H,14-17H2,1H3,(H,29,33)(H,30,32)/t19-/m0/s1. The monoisotopic (exact) mass is 505 g/mol. The quantitative estimate of drug-likeness (QED) is 0.475. The molecule has 2 amide bonds. The average Bonchev–Trinajstić information content (AvgIpc) is 2.85. The van der Waals surface area contributed by atoms with Crippen LogP contribution in [-0.2, 0) is 0 Å². The summed E-state index contributed by atoms with van der Waals surface area (Å²) in [6.45, 7) is 3.55. The van der Waals surface area contributed by atoms with Gasteiger partial charge >= 0.3 is 0 Å². The first-order valence-electron chi connectivity index (χ1n) is 11.3. The van der Waals surface area contributed by atoms with Crippen molar-refractivity contribution in [1.29, 1.82) is 0 Å². The average molecular weight is 506 g/mol. The third-order valence-corrected chi connectivity index (χ3v) is 6.55. The Morgan fingerprint density at radius 3 is 2.33 bits per heavy atom. The van der Waals surface area contributed by atoms with Crippen LogP contribution in [0.2, 0.25) is 0 Å². The summed E-state index contributed by atoms with van der Waals surface area (Å²) < 4.78 is 0.890. The van der Waals surface area contributed by atoms with Crippen LogP contribution in [0.3, 0.4) is 0 Å². The molecular formula is C27H28BrN3O2. The van der Waals surface area contributed by atoms with Crippen molar-refractivity contribution < 1.29 is 9.59 Å². The Morgan fingerprint density at radius 2 is 1.61 bits per heavy atom. The number of piperidine rings is 1. The lowest BCUT2D eigenvalue weighted by Gasteiger charge is -2.35. The van der Waals surface area contributed by atoms with E-state index in [-0.39, 0.29) is 23.9 Å². The highest BCUT2D eigenvalue weighted by Crippen LogP contribution is 2.25. The lowest BCUT2D eigenvalue weighted by atomic mass is 10.0. The SMILES string of the molecule is C[C@H](NC(=O)c1ccccc1N1CCC(NC(=O)c2cccc(Br)c2)CC1)c1ccccc1. The van der Waals surface area contributed by atoms with Gasteiger partial charge in [0.1, 0.15) is 0 Å². The van der Waals surface area contributed by atoms with E-state index >= 15 is 0 Å². The first-order chi connectivity index (χ1) is 16.0. The number of nitrogens with one attached hydrogen (secondary N) is 2. The van der Waals surface area contributed by atoms with Gasteiger partial charge in [-0.3, -0.25) is 9.59 Å². The Kier molecular flexibility index (Phi) is 7.45. The maximum Gasteiger partial charge on any atom is 0.253 e. The van der Waals surface area contributed by atoms with Crippen LogP contribution in [0.15, 0.2) is 83.3 Å². The van der Waals surface area contributed by atoms with Crippen LogP contribution >= 0.6 is 15.9 Å². The van der Waals surface area contributed by atoms with E-state index < -0.39 is 0 Å². The van der Waals surface area contributed by atoms with Gasteiger partial charge in [0.25, 0.3) is 11.8 Å². The number of amides is 2. The molecule has 1 aliphatic rings. The number of hydrogen-bond donors (Lipinski definition) is 2. The molecule has 2 N–H and O–H groups in total. The fourth-order valence-corrected chi connectivity index (χ4v) is 4.60. The van der Waals surface area contributed by atoms with Gasteiger partial charge in [-0.2, -0.15) is 0 Å². The predicted octanol–water partition coefficient (Wildman–Crippen LogP) is 5.34. The number of carbonyl (C=O) groups is 2. The summed E-state index contributed by atoms with van der Waals surface area (Å²) in [5.41, 5.74) is 3.34. The van der Waals surface area contributed by atoms with Crippen molar-refractivity contribution in [3.63, 3.8) is 0 Å². The van der Waals surface area contributed by atoms with Crippen molar-refractivity contribution in [1.82, 2.24) is 10.6 Å². The third-order valence-electron chi connectivity index (χ3n) is 6.05. The Hall–Kier alpha value is -3.12. The highest BCUT2D eigenvalue weighted by atomic mass is 79.9. The normalized spacial score (nSPS) is 15.0. The summed E-state index contributed by atoms with van der Waals surface area (Å²) in [6, 6.07) is 25.2. The van der Waals surface area contributed by atoms with E-state index in [1.807, 2.05) is 85.8 Å². The highest BCUT2D eigenvalue weighted by Gasteiger charge is 2.24. The molecule has 170 valence electrons. The molecule has 1 fully saturated rings. The summed E-state index contributed by atoms with van der Waals surface area (Å²) in [7, 11) is 0. The minimum absolute atomic E-state index is 0.0515. The van der Waals surface area contributed by atoms with Crippen LogP contribution < -0.4 is 15.5 Å². The number of rotatable bonds is 6. The topological polar surface area (TPSA) is 61.4 Å². The Bertz CT molecular complexity index is 1110. The third kappa shape index (κ3) is 5.82. The number of carbonyl (C=O) groups excluding carboxylic acids is 2. The summed E-state index contributed by atoms with van der Waals surface area (Å²) in [5, 5.41) is 6.27. The minimum atomic E-state index is -0.0780. The van der Waals surface area contributed by atoms with Crippen molar-refractivity contribution in [3.8, 4) is 0 Å². The summed E-state index contributed by atoms with van der Waals surface area (Å²) in [6.07, 6.45) is 1.66. The number of nitrogens with zero attached hydrogens (tertiary/aromatic N) is 1. The number of halogens is 1. The van der Waals surface area contributed by atoms with Gasteiger partial charge in [0.05, 0.1) is 11.6 Å². The van der Waals surface area contributed by atoms with Crippen molar-refractivity contribution in [2.75, 3.05) is 18.0 Å². The van der Waals surface area contributed by atoms with Gasteiger partial charge in [0.2, 0.25) is 0 Å². The maximum absolute atomic E-state index is 13.1. The van der Waals surface area contributed by atoms with Gasteiger partial charge in [0.15, 0.2) is 0 Å². The van der Waals surface area contributed by atoms with Crippen LogP contribution in [0, 0.1) is 0 Å². The zero-order valence-corrected chi connectivity index (χ0v) is 20.2. The minimum Gasteiger partial charge on any atom is -0.371 e. The molecule has 3 aromatic rings. The van der Waals surface area contributed by atoms with E-state index in [1.54, 1.807) is 0 Å². The molecule has 0 saturated carbocycles. The van der Waals surface area contributed by atoms with E-state index in [0.29, 0.717) is 11.1 Å². The Balaban J connectivity index is 1.38. The molecule has 33 heavy (non-hydrogen) atoms. The molecule has 0 aromatic heterocycles. The molecule has 0 bridgehead atoms. The second kappa shape index (κ2) is 10.7. The van der Waals surface area contributed by atoms with E-state index in [9.17, 15) is 9.59 Å². The molecule has 1 saturated heterocycles. The van der Waals surface area contributed by atoms with Crippen LogP contribution in [0.5, 0.6) is 0 Å². The molecule has 1 atom stereocenters. The lowest BCUT2D eigenvalue weighted by molar-refractivity contribution is 0.0928. The van der Waals surface area contributed by atoms with E-state index in [1.165, 1.54) is 0 Å². The molecule has 0 aliphatic carbocycles. The van der Waals surface area contributed by atoms with Gasteiger partial charge in [-0.05, 0) is 55.7 Å². The smallest absolute Gasteiger partial charge is 0.253 e. The van der Waals surface area contributed by atoms with Crippen LogP contribution in [0.4, 0.5) is 5.69 Å². The van der Waals surface area contributed by atoms with Gasteiger partial charge in [-0.15, -0.1) is 0 Å². The summed E-state index contributed by atoms with van der Waals surface area (Å²) >= 11 is 3.42. The molecule has 1 heterocycles. The van der Waals surface area contributed by atoms with Crippen molar-refractivity contribution in [3.05, 3.63) is 100 Å². The van der Waals surface area contributed by atoms with E-state index in [0.717, 1.165) is 41.7 Å². The first-order valence-corrected chi connectivity index (χ1v) is 12.1. The van der Waals surface area contributed by atoms with E-state index in [2.05, 4.69) is 31.5 Å². The first kappa shape index (κ1) is 23.1. The zero-order valence-electron chi connectivity index (χ0n) is 18.6. The summed E-state index contributed by atoms with van der Waals surface area (Å²) in [5.74, 6) is -0.128. The number of benzene rings is 3. The van der Waals surface area contributed by atoms with Crippen molar-refractivity contribution in [2.45, 2.75) is 31.8 Å². The van der Waals surface area contributed by atoms with E-state index in [4.69, 9.17) is 0 Å². The number of hydrogen-bond acceptors (Lipinski definition) is 3. The van der Waals surface area contributed by atoms with Crippen molar-refractivity contribution in [2.24, 2.45) is 0 Å². The van der Waals surface area contributed by atoms with Crippen LogP contribution in [0.25, 0.3) is 0 Å². The van der Waals surface area contributed by atoms with Gasteiger partial charge in [-0.1, -0.05) is 64.5 Å². The highest BCUT2D eigenvalue weighted by molar-refractivity contribution is 9.10. The van der Waals surface area contributed by atoms with Crippen LogP contribution in [-0.4, -0.2) is 30.9 Å². The fraction of sp³-hybridized carbons (Fsp3) is 0.259. The molecular weight excluding hydrogens is 478 g/mol. The molecule has 0 radical (unpaired) electrons. The molecule has 6 heteroatoms. The second-order valence-corrected chi connectivity index (χ2v) is 9.28. The van der Waals surface area contributed by atoms with Crippen molar-refractivity contribution >= 4 is 33.4 Å². The number of para-hydroxylation sites is 1. The molecule has 0 spiro atoms. The van der Waals surface area contributed by atoms with Gasteiger partial charge in [-0.25, -0.2) is 0 Å². The molecule has 0 unspecified atom stereocenters. The molecule has 1 aliphatic heterocycles. The molecule has 4 rings (SSSR count). The Labute approximate surface area is 203 Å². The Morgan fingerprint density at radius 1 is 0.909 bits per heavy atom. The van der Waals surface area contributed by atoms with Crippen LogP contribution in [0.1, 0.15) is 52.1 Å². The second-order valence-electron chi connectivity index (χ2n) is 8.37. The lowest BCUT2D eigenvalue weighted by Crippen LogP contribution is -2.45. The van der Waals surface area contributed by atoms with Gasteiger partial charge in [0, 0.05) is 34.9 Å². The molecule has 5 nitrogen and oxygen atoms in total. The maximum atomic E-state index is 13.1. The predicted molar refractivity (Wildman–Crippen MR) is 136 cm³/mol. The largest absolute Gasteiger partial charge is 0.371 e. The zero-order chi connectivity index (χ0) is 23.2. The number of anilines is 1. The summed E-state index contributed by atoms with van der Waals surface area (Å²) in [4.78, 5) is 27.9. The van der Waals surface area contributed by atoms with Gasteiger partial charge < -0.3 is 15.5 Å². The fourth-order valence-electron chi connectivity index (χ4n) is 4.20. The molecule has 3 aromatic carbocycles.